The van der Waals surface area contributed by atoms with Crippen molar-refractivity contribution in [3.05, 3.63) is 78.1 Å². The van der Waals surface area contributed by atoms with Crippen molar-refractivity contribution in [1.82, 2.24) is 9.55 Å². The number of nitriles is 1. The van der Waals surface area contributed by atoms with Crippen molar-refractivity contribution in [2.45, 2.75) is 6.54 Å². The highest BCUT2D eigenvalue weighted by Crippen LogP contribution is 2.26. The largest absolute Gasteiger partial charge is 0.461 e. The molecule has 2 heterocycles. The van der Waals surface area contributed by atoms with Gasteiger partial charge in [0.15, 0.2) is 11.6 Å². The lowest BCUT2D eigenvalue weighted by atomic mass is 10.1. The summed E-state index contributed by atoms with van der Waals surface area (Å²) in [5.41, 5.74) is 3.77. The fourth-order valence-corrected chi connectivity index (χ4v) is 2.70. The van der Waals surface area contributed by atoms with Crippen molar-refractivity contribution < 1.29 is 4.42 Å². The molecule has 23 heavy (non-hydrogen) atoms. The Hall–Kier alpha value is -3.32. The van der Waals surface area contributed by atoms with Crippen LogP contribution in [0, 0.1) is 11.3 Å². The van der Waals surface area contributed by atoms with Crippen LogP contribution in [-0.4, -0.2) is 9.55 Å². The predicted molar refractivity (Wildman–Crippen MR) is 87.7 cm³/mol. The quantitative estimate of drug-likeness (QED) is 0.569. The van der Waals surface area contributed by atoms with Gasteiger partial charge in [-0.15, -0.1) is 0 Å². The van der Waals surface area contributed by atoms with Crippen LogP contribution in [0.4, 0.5) is 0 Å². The van der Waals surface area contributed by atoms with E-state index in [4.69, 9.17) is 14.7 Å². The Bertz CT molecular complexity index is 989. The normalized spacial score (nSPS) is 10.7. The first-order valence-electron chi connectivity index (χ1n) is 7.33. The molecule has 4 aromatic rings. The Morgan fingerprint density at radius 3 is 2.57 bits per heavy atom. The number of fused-ring (bicyclic) bond motifs is 1. The second kappa shape index (κ2) is 5.47. The highest BCUT2D eigenvalue weighted by molar-refractivity contribution is 5.79. The van der Waals surface area contributed by atoms with Gasteiger partial charge in [-0.3, -0.25) is 0 Å². The van der Waals surface area contributed by atoms with Crippen LogP contribution in [0.5, 0.6) is 0 Å². The first kappa shape index (κ1) is 13.4. The number of nitrogens with zero attached hydrogens (tertiary/aromatic N) is 3. The van der Waals surface area contributed by atoms with E-state index >= 15 is 0 Å². The Labute approximate surface area is 133 Å². The molecule has 0 aliphatic carbocycles. The standard InChI is InChI=1S/C19H13N3O/c20-12-14-7-9-15(10-8-14)13-22-17-5-2-1-4-16(17)21-19(22)18-6-3-11-23-18/h1-11H,13H2. The van der Waals surface area contributed by atoms with E-state index in [9.17, 15) is 0 Å². The van der Waals surface area contributed by atoms with Crippen molar-refractivity contribution in [2.24, 2.45) is 0 Å². The SMILES string of the molecule is N#Cc1ccc(Cn2c(-c3ccco3)nc3ccccc32)cc1. The minimum Gasteiger partial charge on any atom is -0.461 e. The zero-order valence-corrected chi connectivity index (χ0v) is 12.3. The smallest absolute Gasteiger partial charge is 0.177 e. The molecule has 0 saturated heterocycles. The third-order valence-corrected chi connectivity index (χ3v) is 3.82. The monoisotopic (exact) mass is 299 g/mol. The average molecular weight is 299 g/mol. The van der Waals surface area contributed by atoms with Crippen LogP contribution in [0.15, 0.2) is 71.3 Å². The molecule has 0 N–H and O–H groups in total. The molecule has 2 aromatic heterocycles. The summed E-state index contributed by atoms with van der Waals surface area (Å²) in [5, 5.41) is 8.92. The molecule has 0 unspecified atom stereocenters. The molecule has 4 heteroatoms. The molecular formula is C19H13N3O. The molecule has 0 aliphatic rings. The van der Waals surface area contributed by atoms with Crippen molar-refractivity contribution in [2.75, 3.05) is 0 Å². The molecule has 4 rings (SSSR count). The number of para-hydroxylation sites is 2. The van der Waals surface area contributed by atoms with E-state index in [1.54, 1.807) is 6.26 Å². The van der Waals surface area contributed by atoms with Crippen molar-refractivity contribution in [1.29, 1.82) is 5.26 Å². The van der Waals surface area contributed by atoms with E-state index in [-0.39, 0.29) is 0 Å². The molecule has 2 aromatic carbocycles. The zero-order valence-electron chi connectivity index (χ0n) is 12.3. The van der Waals surface area contributed by atoms with Crippen LogP contribution >= 0.6 is 0 Å². The highest BCUT2D eigenvalue weighted by atomic mass is 16.3. The van der Waals surface area contributed by atoms with Crippen LogP contribution in [0.25, 0.3) is 22.6 Å². The van der Waals surface area contributed by atoms with E-state index in [1.807, 2.05) is 54.6 Å². The fraction of sp³-hybridized carbons (Fsp3) is 0.0526. The van der Waals surface area contributed by atoms with Gasteiger partial charge in [0.25, 0.3) is 0 Å². The second-order valence-corrected chi connectivity index (χ2v) is 5.30. The number of aromatic nitrogens is 2. The summed E-state index contributed by atoms with van der Waals surface area (Å²) in [4.78, 5) is 4.70. The van der Waals surface area contributed by atoms with Crippen molar-refractivity contribution in [3.8, 4) is 17.7 Å². The lowest BCUT2D eigenvalue weighted by molar-refractivity contribution is 0.572. The first-order valence-corrected chi connectivity index (χ1v) is 7.33. The molecule has 0 amide bonds. The van der Waals surface area contributed by atoms with Crippen LogP contribution < -0.4 is 0 Å². The number of hydrogen-bond acceptors (Lipinski definition) is 3. The fourth-order valence-electron chi connectivity index (χ4n) is 2.70. The number of hydrogen-bond donors (Lipinski definition) is 0. The molecule has 0 saturated carbocycles. The lowest BCUT2D eigenvalue weighted by Gasteiger charge is -2.08. The van der Waals surface area contributed by atoms with Gasteiger partial charge in [-0.05, 0) is 42.0 Å². The summed E-state index contributed by atoms with van der Waals surface area (Å²) in [5.74, 6) is 1.55. The maximum absolute atomic E-state index is 8.92. The molecule has 110 valence electrons. The summed E-state index contributed by atoms with van der Waals surface area (Å²) in [7, 11) is 0. The minimum atomic E-state index is 0.662. The molecule has 0 spiro atoms. The van der Waals surface area contributed by atoms with Crippen molar-refractivity contribution in [3.63, 3.8) is 0 Å². The van der Waals surface area contributed by atoms with E-state index in [2.05, 4.69) is 16.7 Å². The van der Waals surface area contributed by atoms with Gasteiger partial charge < -0.3 is 8.98 Å². The van der Waals surface area contributed by atoms with E-state index in [1.165, 1.54) is 0 Å². The zero-order chi connectivity index (χ0) is 15.6. The van der Waals surface area contributed by atoms with Gasteiger partial charge in [0.2, 0.25) is 0 Å². The van der Waals surface area contributed by atoms with Gasteiger partial charge in [-0.1, -0.05) is 24.3 Å². The molecule has 0 atom stereocenters. The summed E-state index contributed by atoms with van der Waals surface area (Å²) in [6.45, 7) is 0.669. The molecule has 0 fully saturated rings. The predicted octanol–water partition coefficient (Wildman–Crippen LogP) is 4.22. The number of furan rings is 1. The Morgan fingerprint density at radius 1 is 1.00 bits per heavy atom. The minimum absolute atomic E-state index is 0.662. The second-order valence-electron chi connectivity index (χ2n) is 5.30. The van der Waals surface area contributed by atoms with Crippen LogP contribution in [0.3, 0.4) is 0 Å². The molecule has 0 bridgehead atoms. The van der Waals surface area contributed by atoms with Gasteiger partial charge in [0.1, 0.15) is 0 Å². The third kappa shape index (κ3) is 2.39. The van der Waals surface area contributed by atoms with Crippen LogP contribution in [0.1, 0.15) is 11.1 Å². The van der Waals surface area contributed by atoms with E-state index < -0.39 is 0 Å². The lowest BCUT2D eigenvalue weighted by Crippen LogP contribution is -2.01. The van der Waals surface area contributed by atoms with Gasteiger partial charge in [0.05, 0.1) is 28.9 Å². The van der Waals surface area contributed by atoms with Gasteiger partial charge in [-0.2, -0.15) is 5.26 Å². The van der Waals surface area contributed by atoms with Gasteiger partial charge in [-0.25, -0.2) is 4.98 Å². The third-order valence-electron chi connectivity index (χ3n) is 3.82. The Kier molecular flexibility index (Phi) is 3.17. The van der Waals surface area contributed by atoms with E-state index in [0.29, 0.717) is 12.1 Å². The van der Waals surface area contributed by atoms with Crippen LogP contribution in [-0.2, 0) is 6.54 Å². The Balaban J connectivity index is 1.84. The van der Waals surface area contributed by atoms with Crippen LogP contribution in [0.2, 0.25) is 0 Å². The number of benzene rings is 2. The van der Waals surface area contributed by atoms with E-state index in [0.717, 1.165) is 28.2 Å². The molecule has 0 radical (unpaired) electrons. The topological polar surface area (TPSA) is 54.8 Å². The Morgan fingerprint density at radius 2 is 1.83 bits per heavy atom. The average Bonchev–Trinajstić information content (AvgIpc) is 3.24. The summed E-state index contributed by atoms with van der Waals surface area (Å²) < 4.78 is 7.67. The van der Waals surface area contributed by atoms with Gasteiger partial charge in [0, 0.05) is 6.54 Å². The first-order chi connectivity index (χ1) is 11.3. The summed E-state index contributed by atoms with van der Waals surface area (Å²) in [6, 6.07) is 21.6. The maximum atomic E-state index is 8.92. The number of imidazole rings is 1. The highest BCUT2D eigenvalue weighted by Gasteiger charge is 2.14. The number of rotatable bonds is 3. The van der Waals surface area contributed by atoms with Gasteiger partial charge >= 0.3 is 0 Å². The molecule has 0 aliphatic heterocycles. The summed E-state index contributed by atoms with van der Waals surface area (Å²) in [6.07, 6.45) is 1.65. The molecule has 4 nitrogen and oxygen atoms in total. The maximum Gasteiger partial charge on any atom is 0.177 e. The van der Waals surface area contributed by atoms with Crippen molar-refractivity contribution >= 4 is 11.0 Å². The molecular weight excluding hydrogens is 286 g/mol. The summed E-state index contributed by atoms with van der Waals surface area (Å²) >= 11 is 0.